The zero-order valence-corrected chi connectivity index (χ0v) is 8.79. The van der Waals surface area contributed by atoms with Crippen molar-refractivity contribution in [3.8, 4) is 0 Å². The summed E-state index contributed by atoms with van der Waals surface area (Å²) in [5, 5.41) is 0. The molecule has 1 atom stereocenters. The van der Waals surface area contributed by atoms with E-state index in [1.807, 2.05) is 25.1 Å². The molecule has 0 aliphatic carbocycles. The second-order valence-corrected chi connectivity index (χ2v) is 3.25. The summed E-state index contributed by atoms with van der Waals surface area (Å²) in [7, 11) is 0. The molecule has 0 radical (unpaired) electrons. The van der Waals surface area contributed by atoms with Gasteiger partial charge in [-0.15, -0.1) is 0 Å². The summed E-state index contributed by atoms with van der Waals surface area (Å²) < 4.78 is 4.91. The molecule has 1 aromatic rings. The number of carbonyl (C=O) groups is 1. The smallest absolute Gasteiger partial charge is 0.169 e. The molecule has 2 nitrogen and oxygen atoms in total. The van der Waals surface area contributed by atoms with Gasteiger partial charge in [-0.1, -0.05) is 37.3 Å². The predicted molar refractivity (Wildman–Crippen MR) is 59.5 cm³/mol. The van der Waals surface area contributed by atoms with Crippen molar-refractivity contribution in [2.45, 2.75) is 6.92 Å². The van der Waals surface area contributed by atoms with Crippen molar-refractivity contribution in [1.82, 2.24) is 0 Å². The van der Waals surface area contributed by atoms with Gasteiger partial charge in [-0.3, -0.25) is 4.79 Å². The molecule has 0 aromatic heterocycles. The zero-order valence-electron chi connectivity index (χ0n) is 7.97. The minimum Gasteiger partial charge on any atom is -0.489 e. The SMILES string of the molecule is CC(COC=S)C(=O)c1ccccc1. The monoisotopic (exact) mass is 208 g/mol. The highest BCUT2D eigenvalue weighted by Gasteiger charge is 2.14. The van der Waals surface area contributed by atoms with Crippen LogP contribution < -0.4 is 0 Å². The lowest BCUT2D eigenvalue weighted by atomic mass is 10.0. The van der Waals surface area contributed by atoms with Crippen LogP contribution in [0.5, 0.6) is 0 Å². The molecular weight excluding hydrogens is 196 g/mol. The van der Waals surface area contributed by atoms with E-state index in [2.05, 4.69) is 12.2 Å². The topological polar surface area (TPSA) is 26.3 Å². The van der Waals surface area contributed by atoms with Crippen molar-refractivity contribution in [2.24, 2.45) is 5.92 Å². The third kappa shape index (κ3) is 2.92. The fraction of sp³-hybridized carbons (Fsp3) is 0.273. The molecule has 0 aliphatic heterocycles. The van der Waals surface area contributed by atoms with Crippen LogP contribution in [0.25, 0.3) is 0 Å². The number of hydrogen-bond donors (Lipinski definition) is 0. The molecule has 0 fully saturated rings. The van der Waals surface area contributed by atoms with Crippen LogP contribution in [0.2, 0.25) is 0 Å². The van der Waals surface area contributed by atoms with Crippen LogP contribution in [-0.2, 0) is 4.74 Å². The van der Waals surface area contributed by atoms with Crippen LogP contribution in [0.15, 0.2) is 30.3 Å². The number of rotatable bonds is 5. The van der Waals surface area contributed by atoms with Gasteiger partial charge in [0.1, 0.15) is 5.55 Å². The Kier molecular flexibility index (Phi) is 4.26. The first-order chi connectivity index (χ1) is 6.75. The van der Waals surface area contributed by atoms with E-state index >= 15 is 0 Å². The molecule has 1 aromatic carbocycles. The predicted octanol–water partition coefficient (Wildman–Crippen LogP) is 2.48. The van der Waals surface area contributed by atoms with E-state index in [-0.39, 0.29) is 11.7 Å². The van der Waals surface area contributed by atoms with E-state index in [0.717, 1.165) is 0 Å². The third-order valence-corrected chi connectivity index (χ3v) is 2.06. The minimum absolute atomic E-state index is 0.0856. The molecule has 0 saturated heterocycles. The van der Waals surface area contributed by atoms with Gasteiger partial charge in [0.15, 0.2) is 5.78 Å². The van der Waals surface area contributed by atoms with Crippen molar-refractivity contribution in [3.63, 3.8) is 0 Å². The average Bonchev–Trinajstić information content (AvgIpc) is 2.26. The second-order valence-electron chi connectivity index (χ2n) is 3.06. The molecule has 0 bridgehead atoms. The van der Waals surface area contributed by atoms with Gasteiger partial charge in [0.25, 0.3) is 0 Å². The molecule has 0 spiro atoms. The lowest BCUT2D eigenvalue weighted by Crippen LogP contribution is -2.16. The summed E-state index contributed by atoms with van der Waals surface area (Å²) in [4.78, 5) is 11.7. The molecule has 0 N–H and O–H groups in total. The van der Waals surface area contributed by atoms with Crippen molar-refractivity contribution in [3.05, 3.63) is 35.9 Å². The number of ether oxygens (including phenoxy) is 1. The van der Waals surface area contributed by atoms with Crippen LogP contribution in [0.3, 0.4) is 0 Å². The fourth-order valence-electron chi connectivity index (χ4n) is 1.15. The van der Waals surface area contributed by atoms with Gasteiger partial charge in [0.05, 0.1) is 12.5 Å². The van der Waals surface area contributed by atoms with E-state index in [0.29, 0.717) is 12.2 Å². The Balaban J connectivity index is 2.61. The van der Waals surface area contributed by atoms with Gasteiger partial charge in [-0.2, -0.15) is 0 Å². The summed E-state index contributed by atoms with van der Waals surface area (Å²) in [6.45, 7) is 2.17. The first kappa shape index (κ1) is 10.9. The molecule has 14 heavy (non-hydrogen) atoms. The Bertz CT molecular complexity index is 308. The largest absolute Gasteiger partial charge is 0.489 e. The first-order valence-corrected chi connectivity index (χ1v) is 4.87. The Morgan fingerprint density at radius 2 is 2.14 bits per heavy atom. The molecule has 0 amide bonds. The zero-order chi connectivity index (χ0) is 10.4. The van der Waals surface area contributed by atoms with Gasteiger partial charge < -0.3 is 4.74 Å². The minimum atomic E-state index is -0.156. The number of carbonyl (C=O) groups excluding carboxylic acids is 1. The quantitative estimate of drug-likeness (QED) is 0.549. The maximum absolute atomic E-state index is 11.7. The van der Waals surface area contributed by atoms with E-state index in [9.17, 15) is 4.79 Å². The first-order valence-electron chi connectivity index (χ1n) is 4.40. The molecule has 1 rings (SSSR count). The molecule has 0 heterocycles. The van der Waals surface area contributed by atoms with Crippen LogP contribution >= 0.6 is 12.2 Å². The van der Waals surface area contributed by atoms with Gasteiger partial charge in [-0.05, 0) is 12.2 Å². The normalized spacial score (nSPS) is 11.8. The maximum atomic E-state index is 11.7. The summed E-state index contributed by atoms with van der Waals surface area (Å²) in [6.07, 6.45) is 0. The average molecular weight is 208 g/mol. The van der Waals surface area contributed by atoms with E-state index < -0.39 is 0 Å². The number of hydrogen-bond acceptors (Lipinski definition) is 3. The molecule has 0 saturated carbocycles. The third-order valence-electron chi connectivity index (χ3n) is 1.92. The number of thiocarbonyl (C=S) groups is 1. The van der Waals surface area contributed by atoms with Gasteiger partial charge in [0, 0.05) is 5.56 Å². The molecule has 74 valence electrons. The Labute approximate surface area is 88.9 Å². The summed E-state index contributed by atoms with van der Waals surface area (Å²) in [5.41, 5.74) is 1.90. The highest BCUT2D eigenvalue weighted by molar-refractivity contribution is 7.78. The van der Waals surface area contributed by atoms with Crippen LogP contribution in [0.1, 0.15) is 17.3 Å². The van der Waals surface area contributed by atoms with E-state index in [1.165, 1.54) is 5.55 Å². The fourth-order valence-corrected chi connectivity index (χ4v) is 1.22. The molecular formula is C11H12O2S. The molecule has 1 unspecified atom stereocenters. The summed E-state index contributed by atoms with van der Waals surface area (Å²) in [5.74, 6) is -0.0703. The van der Waals surface area contributed by atoms with Gasteiger partial charge in [0.2, 0.25) is 0 Å². The Morgan fingerprint density at radius 3 is 2.71 bits per heavy atom. The van der Waals surface area contributed by atoms with Crippen LogP contribution in [0.4, 0.5) is 0 Å². The summed E-state index contributed by atoms with van der Waals surface area (Å²) in [6, 6.07) is 9.18. The maximum Gasteiger partial charge on any atom is 0.169 e. The second kappa shape index (κ2) is 5.50. The molecule has 3 heteroatoms. The number of benzene rings is 1. The van der Waals surface area contributed by atoms with Crippen molar-refractivity contribution in [1.29, 1.82) is 0 Å². The standard InChI is InChI=1S/C11H12O2S/c1-9(7-13-8-14)11(12)10-5-3-2-4-6-10/h2-6,8-9H,7H2,1H3. The highest BCUT2D eigenvalue weighted by atomic mass is 32.1. The number of Topliss-reactive ketones (excluding diaryl/α,β-unsaturated/α-hetero) is 1. The van der Waals surface area contributed by atoms with Crippen molar-refractivity contribution in [2.75, 3.05) is 6.61 Å². The van der Waals surface area contributed by atoms with Gasteiger partial charge >= 0.3 is 0 Å². The summed E-state index contributed by atoms with van der Waals surface area (Å²) >= 11 is 4.52. The molecule has 0 aliphatic rings. The van der Waals surface area contributed by atoms with Crippen LogP contribution in [-0.4, -0.2) is 17.9 Å². The van der Waals surface area contributed by atoms with Crippen molar-refractivity contribution >= 4 is 23.6 Å². The lowest BCUT2D eigenvalue weighted by Gasteiger charge is -2.08. The van der Waals surface area contributed by atoms with Crippen molar-refractivity contribution < 1.29 is 9.53 Å². The van der Waals surface area contributed by atoms with E-state index in [1.54, 1.807) is 12.1 Å². The number of ketones is 1. The van der Waals surface area contributed by atoms with Gasteiger partial charge in [-0.25, -0.2) is 0 Å². The highest BCUT2D eigenvalue weighted by Crippen LogP contribution is 2.08. The lowest BCUT2D eigenvalue weighted by molar-refractivity contribution is 0.0888. The van der Waals surface area contributed by atoms with E-state index in [4.69, 9.17) is 4.74 Å². The Morgan fingerprint density at radius 1 is 1.50 bits per heavy atom. The van der Waals surface area contributed by atoms with Crippen LogP contribution in [0, 0.1) is 5.92 Å². The Hall–Kier alpha value is -1.22.